The molecule has 0 saturated carbocycles. The number of rotatable bonds is 7. The van der Waals surface area contributed by atoms with Crippen molar-refractivity contribution >= 4 is 17.6 Å². The van der Waals surface area contributed by atoms with Gasteiger partial charge < -0.3 is 20.0 Å². The van der Waals surface area contributed by atoms with Crippen LogP contribution in [0.25, 0.3) is 0 Å². The van der Waals surface area contributed by atoms with E-state index in [4.69, 9.17) is 0 Å². The van der Waals surface area contributed by atoms with E-state index in [0.29, 0.717) is 0 Å². The van der Waals surface area contributed by atoms with Crippen LogP contribution in [0.1, 0.15) is 18.9 Å². The molecule has 1 aromatic rings. The van der Waals surface area contributed by atoms with Gasteiger partial charge in [-0.1, -0.05) is 19.1 Å². The van der Waals surface area contributed by atoms with Crippen LogP contribution in [-0.4, -0.2) is 70.0 Å². The summed E-state index contributed by atoms with van der Waals surface area (Å²) in [4.78, 5) is 21.9. The number of amides is 1. The Morgan fingerprint density at radius 1 is 1.17 bits per heavy atom. The number of guanidine groups is 1. The first-order valence-corrected chi connectivity index (χ1v) is 8.31. The molecule has 6 nitrogen and oxygen atoms in total. The largest absolute Gasteiger partial charge is 0.378 e. The zero-order valence-corrected chi connectivity index (χ0v) is 15.8. The summed E-state index contributed by atoms with van der Waals surface area (Å²) in [6.45, 7) is 3.82. The average molecular weight is 333 g/mol. The van der Waals surface area contributed by atoms with Gasteiger partial charge in [0.15, 0.2) is 5.96 Å². The van der Waals surface area contributed by atoms with Gasteiger partial charge in [0.2, 0.25) is 5.91 Å². The van der Waals surface area contributed by atoms with Gasteiger partial charge in [0.25, 0.3) is 0 Å². The number of nitrogens with one attached hydrogen (secondary N) is 1. The van der Waals surface area contributed by atoms with E-state index in [1.165, 1.54) is 11.3 Å². The molecule has 1 N–H and O–H groups in total. The normalized spacial score (nSPS) is 11.2. The van der Waals surface area contributed by atoms with Crippen LogP contribution in [0.4, 0.5) is 5.69 Å². The third-order valence-electron chi connectivity index (χ3n) is 3.60. The first kappa shape index (κ1) is 19.8. The van der Waals surface area contributed by atoms with E-state index in [-0.39, 0.29) is 12.5 Å². The topological polar surface area (TPSA) is 51.2 Å². The van der Waals surface area contributed by atoms with Gasteiger partial charge in [0, 0.05) is 54.0 Å². The predicted molar refractivity (Wildman–Crippen MR) is 102 cm³/mol. The molecule has 0 bridgehead atoms. The fraction of sp³-hybridized carbons (Fsp3) is 0.556. The van der Waals surface area contributed by atoms with Crippen molar-refractivity contribution in [3.05, 3.63) is 29.8 Å². The Labute approximate surface area is 146 Å². The van der Waals surface area contributed by atoms with Crippen LogP contribution in [0, 0.1) is 0 Å². The van der Waals surface area contributed by atoms with E-state index in [0.717, 1.165) is 25.5 Å². The van der Waals surface area contributed by atoms with Crippen molar-refractivity contribution in [1.82, 2.24) is 15.1 Å². The zero-order valence-electron chi connectivity index (χ0n) is 15.8. The van der Waals surface area contributed by atoms with Crippen LogP contribution in [0.5, 0.6) is 0 Å². The maximum Gasteiger partial charge on any atom is 0.243 e. The van der Waals surface area contributed by atoms with E-state index in [1.807, 2.05) is 26.0 Å². The molecule has 0 spiro atoms. The monoisotopic (exact) mass is 333 g/mol. The van der Waals surface area contributed by atoms with Crippen LogP contribution in [0.3, 0.4) is 0 Å². The molecular formula is C18H31N5O. The molecule has 0 saturated heterocycles. The van der Waals surface area contributed by atoms with Crippen LogP contribution < -0.4 is 10.2 Å². The lowest BCUT2D eigenvalue weighted by Crippen LogP contribution is -2.40. The molecule has 0 radical (unpaired) electrons. The minimum absolute atomic E-state index is 0.00574. The summed E-state index contributed by atoms with van der Waals surface area (Å²) in [5.74, 6) is 0.746. The molecule has 1 rings (SSSR count). The minimum Gasteiger partial charge on any atom is -0.378 e. The molecule has 0 aliphatic carbocycles. The summed E-state index contributed by atoms with van der Waals surface area (Å²) >= 11 is 0. The van der Waals surface area contributed by atoms with E-state index >= 15 is 0 Å². The van der Waals surface area contributed by atoms with Crippen molar-refractivity contribution in [2.75, 3.05) is 53.2 Å². The summed E-state index contributed by atoms with van der Waals surface area (Å²) in [5, 5.41) is 3.32. The number of hydrogen-bond donors (Lipinski definition) is 1. The fourth-order valence-corrected chi connectivity index (χ4v) is 2.11. The van der Waals surface area contributed by atoms with Crippen molar-refractivity contribution in [3.8, 4) is 0 Å². The molecule has 6 heteroatoms. The summed E-state index contributed by atoms with van der Waals surface area (Å²) in [5.41, 5.74) is 2.37. The molecule has 0 unspecified atom stereocenters. The summed E-state index contributed by atoms with van der Waals surface area (Å²) in [6.07, 6.45) is 1.00. The van der Waals surface area contributed by atoms with Crippen LogP contribution in [0.15, 0.2) is 29.3 Å². The van der Waals surface area contributed by atoms with E-state index in [2.05, 4.69) is 46.4 Å². The van der Waals surface area contributed by atoms with E-state index in [9.17, 15) is 4.79 Å². The van der Waals surface area contributed by atoms with E-state index < -0.39 is 0 Å². The summed E-state index contributed by atoms with van der Waals surface area (Å²) in [6, 6.07) is 8.42. The molecule has 134 valence electrons. The van der Waals surface area contributed by atoms with Gasteiger partial charge in [-0.2, -0.15) is 0 Å². The molecule has 0 aromatic heterocycles. The van der Waals surface area contributed by atoms with Gasteiger partial charge in [-0.3, -0.25) is 4.79 Å². The second kappa shape index (κ2) is 9.80. The second-order valence-electron chi connectivity index (χ2n) is 6.28. The summed E-state index contributed by atoms with van der Waals surface area (Å²) < 4.78 is 0. The van der Waals surface area contributed by atoms with Crippen molar-refractivity contribution in [2.45, 2.75) is 19.9 Å². The Morgan fingerprint density at radius 2 is 1.88 bits per heavy atom. The number of likely N-dealkylation sites (N-methyl/N-ethyl adjacent to an activating group) is 1. The molecule has 24 heavy (non-hydrogen) atoms. The number of hydrogen-bond acceptors (Lipinski definition) is 3. The zero-order chi connectivity index (χ0) is 18.1. The molecule has 1 amide bonds. The van der Waals surface area contributed by atoms with Crippen LogP contribution in [0.2, 0.25) is 0 Å². The number of nitrogens with zero attached hydrogens (tertiary/aromatic N) is 4. The molecule has 0 aliphatic heterocycles. The van der Waals surface area contributed by atoms with Gasteiger partial charge in [-0.05, 0) is 24.1 Å². The Hall–Kier alpha value is -2.24. The fourth-order valence-electron chi connectivity index (χ4n) is 2.11. The number of aliphatic imine (C=N–C) groups is 1. The van der Waals surface area contributed by atoms with Gasteiger partial charge in [0.1, 0.15) is 6.54 Å². The second-order valence-corrected chi connectivity index (χ2v) is 6.28. The smallest absolute Gasteiger partial charge is 0.243 e. The standard InChI is InChI=1S/C18H31N5O/c1-7-11-19-18(20-13-17(24)22(4)5)23(6)14-15-9-8-10-16(12-15)21(2)3/h8-10,12H,7,11,13-14H2,1-6H3,(H,19,20). The van der Waals surface area contributed by atoms with Gasteiger partial charge in [0.05, 0.1) is 0 Å². The quantitative estimate of drug-likeness (QED) is 0.609. The van der Waals surface area contributed by atoms with Crippen molar-refractivity contribution in [1.29, 1.82) is 0 Å². The highest BCUT2D eigenvalue weighted by atomic mass is 16.2. The Balaban J connectivity index is 2.83. The third kappa shape index (κ3) is 6.48. The Kier molecular flexibility index (Phi) is 8.09. The first-order valence-electron chi connectivity index (χ1n) is 8.31. The maximum absolute atomic E-state index is 11.8. The van der Waals surface area contributed by atoms with Crippen LogP contribution >= 0.6 is 0 Å². The predicted octanol–water partition coefficient (Wildman–Crippen LogP) is 1.63. The molecule has 0 heterocycles. The maximum atomic E-state index is 11.8. The third-order valence-corrected chi connectivity index (χ3v) is 3.60. The molecule has 0 atom stereocenters. The summed E-state index contributed by atoms with van der Waals surface area (Å²) in [7, 11) is 9.54. The Morgan fingerprint density at radius 3 is 2.46 bits per heavy atom. The highest BCUT2D eigenvalue weighted by molar-refractivity contribution is 5.84. The first-order chi connectivity index (χ1) is 11.3. The lowest BCUT2D eigenvalue weighted by atomic mass is 10.2. The number of carbonyl (C=O) groups excluding carboxylic acids is 1. The molecule has 1 aromatic carbocycles. The van der Waals surface area contributed by atoms with Gasteiger partial charge >= 0.3 is 0 Å². The number of benzene rings is 1. The number of carbonyl (C=O) groups is 1. The highest BCUT2D eigenvalue weighted by Crippen LogP contribution is 2.14. The van der Waals surface area contributed by atoms with Crippen LogP contribution in [-0.2, 0) is 11.3 Å². The molecule has 0 aliphatic rings. The molecule has 0 fully saturated rings. The van der Waals surface area contributed by atoms with Gasteiger partial charge in [-0.15, -0.1) is 0 Å². The lowest BCUT2D eigenvalue weighted by molar-refractivity contribution is -0.127. The van der Waals surface area contributed by atoms with Crippen molar-refractivity contribution < 1.29 is 4.79 Å². The van der Waals surface area contributed by atoms with E-state index in [1.54, 1.807) is 19.0 Å². The van der Waals surface area contributed by atoms with Gasteiger partial charge in [-0.25, -0.2) is 4.99 Å². The highest BCUT2D eigenvalue weighted by Gasteiger charge is 2.10. The molecular weight excluding hydrogens is 302 g/mol. The Bertz CT molecular complexity index is 554. The van der Waals surface area contributed by atoms with Crippen molar-refractivity contribution in [2.24, 2.45) is 4.99 Å². The van der Waals surface area contributed by atoms with Crippen molar-refractivity contribution in [3.63, 3.8) is 0 Å². The lowest BCUT2D eigenvalue weighted by Gasteiger charge is -2.23. The SMILES string of the molecule is CCCNC(=NCC(=O)N(C)C)N(C)Cc1cccc(N(C)C)c1. The average Bonchev–Trinajstić information content (AvgIpc) is 2.54. The number of anilines is 1. The minimum atomic E-state index is -0.00574.